The highest BCUT2D eigenvalue weighted by molar-refractivity contribution is 7.20. The summed E-state index contributed by atoms with van der Waals surface area (Å²) < 4.78 is 10.4. The van der Waals surface area contributed by atoms with E-state index in [0.717, 1.165) is 35.2 Å². The Labute approximate surface area is 260 Å². The fourth-order valence-electron chi connectivity index (χ4n) is 5.31. The Morgan fingerprint density at radius 2 is 1.86 bits per heavy atom. The number of aromatic nitrogens is 2. The van der Waals surface area contributed by atoms with Crippen LogP contribution in [0, 0.1) is 11.3 Å². The number of carbonyl (C=O) groups excluding carboxylic acids is 3. The molecule has 44 heavy (non-hydrogen) atoms. The first kappa shape index (κ1) is 31.2. The number of aryl methyl sites for hydroxylation is 1. The Bertz CT molecular complexity index is 1670. The minimum Gasteiger partial charge on any atom is -0.444 e. The van der Waals surface area contributed by atoms with E-state index in [4.69, 9.17) is 14.2 Å². The highest BCUT2D eigenvalue weighted by Crippen LogP contribution is 2.38. The summed E-state index contributed by atoms with van der Waals surface area (Å²) in [5.74, 6) is -0.0851. The summed E-state index contributed by atoms with van der Waals surface area (Å²) >= 11 is 1.36. The first-order valence-electron chi connectivity index (χ1n) is 14.8. The third-order valence-corrected chi connectivity index (χ3v) is 8.73. The molecule has 5 rings (SSSR count). The number of ether oxygens (including phenoxy) is 1. The van der Waals surface area contributed by atoms with Gasteiger partial charge in [-0.15, -0.1) is 11.3 Å². The molecular formula is C33H39N5O5S. The molecule has 3 N–H and O–H groups in total. The van der Waals surface area contributed by atoms with E-state index in [1.165, 1.54) is 29.2 Å². The zero-order chi connectivity index (χ0) is 31.6. The van der Waals surface area contributed by atoms with Crippen molar-refractivity contribution in [1.82, 2.24) is 20.8 Å². The molecule has 0 spiro atoms. The fraction of sp³-hybridized carbons (Fsp3) is 0.424. The number of alkyl carbamates (subject to hydrolysis) is 1. The van der Waals surface area contributed by atoms with E-state index >= 15 is 0 Å². The van der Waals surface area contributed by atoms with Crippen LogP contribution in [0.3, 0.4) is 0 Å². The topological polar surface area (TPSA) is 135 Å². The van der Waals surface area contributed by atoms with Gasteiger partial charge in [-0.1, -0.05) is 38.1 Å². The molecule has 4 aromatic rings. The van der Waals surface area contributed by atoms with E-state index in [2.05, 4.69) is 47.9 Å². The number of amides is 3. The SMILES string of the molecule is CC(C)(C)OC(=O)NCC(NC(=O)c1cc2cc3c(nc2s1)CCC(C(C)(C)C)C3)c1cccc(NC(=O)c2ccno2)c1. The third-order valence-electron chi connectivity index (χ3n) is 7.68. The van der Waals surface area contributed by atoms with E-state index in [0.29, 0.717) is 22.0 Å². The van der Waals surface area contributed by atoms with Crippen LogP contribution in [0.15, 0.2) is 53.2 Å². The maximum absolute atomic E-state index is 13.6. The quantitative estimate of drug-likeness (QED) is 0.210. The van der Waals surface area contributed by atoms with Gasteiger partial charge >= 0.3 is 6.09 Å². The molecule has 0 fully saturated rings. The Kier molecular flexibility index (Phi) is 8.78. The van der Waals surface area contributed by atoms with Crippen LogP contribution in [-0.2, 0) is 17.6 Å². The van der Waals surface area contributed by atoms with Gasteiger partial charge in [0.2, 0.25) is 5.76 Å². The summed E-state index contributed by atoms with van der Waals surface area (Å²) in [5, 5.41) is 13.1. The molecule has 3 amide bonds. The van der Waals surface area contributed by atoms with Crippen molar-refractivity contribution in [2.24, 2.45) is 11.3 Å². The number of rotatable bonds is 7. The molecular weight excluding hydrogens is 578 g/mol. The second-order valence-electron chi connectivity index (χ2n) is 13.3. The van der Waals surface area contributed by atoms with Crippen LogP contribution in [0.2, 0.25) is 0 Å². The van der Waals surface area contributed by atoms with Gasteiger partial charge in [-0.3, -0.25) is 9.59 Å². The van der Waals surface area contributed by atoms with Crippen molar-refractivity contribution >= 4 is 45.1 Å². The maximum Gasteiger partial charge on any atom is 0.407 e. The molecule has 1 aliphatic rings. The number of nitrogens with one attached hydrogen (secondary N) is 3. The molecule has 2 atom stereocenters. The molecule has 2 unspecified atom stereocenters. The number of fused-ring (bicyclic) bond motifs is 2. The Morgan fingerprint density at radius 1 is 1.07 bits per heavy atom. The average Bonchev–Trinajstić information content (AvgIpc) is 3.63. The first-order chi connectivity index (χ1) is 20.7. The number of carbonyl (C=O) groups is 3. The smallest absolute Gasteiger partial charge is 0.407 e. The van der Waals surface area contributed by atoms with Crippen molar-refractivity contribution < 1.29 is 23.6 Å². The number of thiophene rings is 1. The number of pyridine rings is 1. The summed E-state index contributed by atoms with van der Waals surface area (Å²) in [6.07, 6.45) is 3.82. The number of nitrogens with zero attached hydrogens (tertiary/aromatic N) is 2. The third kappa shape index (κ3) is 7.63. The predicted molar refractivity (Wildman–Crippen MR) is 170 cm³/mol. The number of anilines is 1. The zero-order valence-electron chi connectivity index (χ0n) is 25.9. The van der Waals surface area contributed by atoms with Crippen molar-refractivity contribution in [3.8, 4) is 0 Å². The Balaban J connectivity index is 1.37. The minimum atomic E-state index is -0.677. The van der Waals surface area contributed by atoms with E-state index in [-0.39, 0.29) is 23.6 Å². The lowest BCUT2D eigenvalue weighted by atomic mass is 9.71. The van der Waals surface area contributed by atoms with Crippen LogP contribution in [0.4, 0.5) is 10.5 Å². The Hall–Kier alpha value is -4.25. The van der Waals surface area contributed by atoms with Crippen LogP contribution < -0.4 is 16.0 Å². The van der Waals surface area contributed by atoms with Gasteiger partial charge in [0.25, 0.3) is 11.8 Å². The number of benzene rings is 1. The summed E-state index contributed by atoms with van der Waals surface area (Å²) in [4.78, 5) is 45.0. The standard InChI is InChI=1S/C33H39N5O5S/c1-32(2,3)22-10-11-24-20(15-22)14-21-17-27(44-30(21)38-24)29(40)37-25(18-34-31(41)42-33(4,5)6)19-8-7-9-23(16-19)36-28(39)26-12-13-35-43-26/h7-9,12-14,16-17,22,25H,10-11,15,18H2,1-6H3,(H,34,41)(H,36,39)(H,37,40). The van der Waals surface area contributed by atoms with Crippen molar-refractivity contribution in [3.05, 3.63) is 76.1 Å². The van der Waals surface area contributed by atoms with Crippen LogP contribution in [-0.4, -0.2) is 40.2 Å². The van der Waals surface area contributed by atoms with Gasteiger partial charge in [-0.2, -0.15) is 0 Å². The van der Waals surface area contributed by atoms with Crippen molar-refractivity contribution in [2.45, 2.75) is 72.4 Å². The highest BCUT2D eigenvalue weighted by atomic mass is 32.1. The number of hydrogen-bond acceptors (Lipinski definition) is 8. The molecule has 11 heteroatoms. The van der Waals surface area contributed by atoms with E-state index < -0.39 is 23.6 Å². The van der Waals surface area contributed by atoms with Gasteiger partial charge in [0, 0.05) is 29.4 Å². The van der Waals surface area contributed by atoms with E-state index in [1.54, 1.807) is 39.0 Å². The van der Waals surface area contributed by atoms with Crippen LogP contribution in [0.5, 0.6) is 0 Å². The molecule has 0 saturated carbocycles. The van der Waals surface area contributed by atoms with Gasteiger partial charge in [0.15, 0.2) is 0 Å². The lowest BCUT2D eigenvalue weighted by Crippen LogP contribution is -2.40. The van der Waals surface area contributed by atoms with Crippen molar-refractivity contribution in [2.75, 3.05) is 11.9 Å². The maximum atomic E-state index is 13.6. The summed E-state index contributed by atoms with van der Waals surface area (Å²) in [6, 6.07) is 11.9. The second-order valence-corrected chi connectivity index (χ2v) is 14.3. The van der Waals surface area contributed by atoms with Crippen molar-refractivity contribution in [3.63, 3.8) is 0 Å². The molecule has 0 bridgehead atoms. The van der Waals surface area contributed by atoms with Gasteiger partial charge in [-0.05, 0) is 86.8 Å². The molecule has 0 radical (unpaired) electrons. The number of hydrogen-bond donors (Lipinski definition) is 3. The van der Waals surface area contributed by atoms with Crippen LogP contribution in [0.25, 0.3) is 10.2 Å². The van der Waals surface area contributed by atoms with Crippen LogP contribution in [0.1, 0.15) is 91.1 Å². The van der Waals surface area contributed by atoms with Gasteiger partial charge in [0.1, 0.15) is 10.4 Å². The largest absolute Gasteiger partial charge is 0.444 e. The van der Waals surface area contributed by atoms with E-state index in [9.17, 15) is 14.4 Å². The molecule has 3 aromatic heterocycles. The lowest BCUT2D eigenvalue weighted by Gasteiger charge is -2.34. The van der Waals surface area contributed by atoms with Gasteiger partial charge in [0.05, 0.1) is 17.1 Å². The summed E-state index contributed by atoms with van der Waals surface area (Å²) in [7, 11) is 0. The zero-order valence-corrected chi connectivity index (χ0v) is 26.8. The van der Waals surface area contributed by atoms with Crippen molar-refractivity contribution in [1.29, 1.82) is 0 Å². The fourth-order valence-corrected chi connectivity index (χ4v) is 6.25. The molecule has 1 aromatic carbocycles. The second kappa shape index (κ2) is 12.4. The normalized spacial score (nSPS) is 15.7. The summed E-state index contributed by atoms with van der Waals surface area (Å²) in [6.45, 7) is 12.3. The molecule has 0 aliphatic heterocycles. The highest BCUT2D eigenvalue weighted by Gasteiger charge is 2.30. The lowest BCUT2D eigenvalue weighted by molar-refractivity contribution is 0.0519. The monoisotopic (exact) mass is 617 g/mol. The summed E-state index contributed by atoms with van der Waals surface area (Å²) in [5.41, 5.74) is 3.10. The van der Waals surface area contributed by atoms with Gasteiger partial charge < -0.3 is 25.2 Å². The Morgan fingerprint density at radius 3 is 2.57 bits per heavy atom. The van der Waals surface area contributed by atoms with E-state index in [1.807, 2.05) is 12.1 Å². The molecule has 232 valence electrons. The molecule has 0 saturated heterocycles. The molecule has 1 aliphatic carbocycles. The molecule has 3 heterocycles. The minimum absolute atomic E-state index is 0.0613. The molecule has 10 nitrogen and oxygen atoms in total. The first-order valence-corrected chi connectivity index (χ1v) is 15.6. The van der Waals surface area contributed by atoms with Crippen LogP contribution >= 0.6 is 11.3 Å². The van der Waals surface area contributed by atoms with Gasteiger partial charge in [-0.25, -0.2) is 9.78 Å². The average molecular weight is 618 g/mol. The predicted octanol–water partition coefficient (Wildman–Crippen LogP) is 6.68.